The molecular formula is C16H24N2O4. The summed E-state index contributed by atoms with van der Waals surface area (Å²) >= 11 is 0. The molecule has 0 spiro atoms. The molecule has 1 aromatic rings. The molecule has 1 heterocycles. The smallest absolute Gasteiger partial charge is 0.251 e. The zero-order chi connectivity index (χ0) is 16.2. The molecule has 1 aromatic carbocycles. The van der Waals surface area contributed by atoms with Crippen LogP contribution in [0.3, 0.4) is 0 Å². The Kier molecular flexibility index (Phi) is 5.13. The monoisotopic (exact) mass is 308 g/mol. The summed E-state index contributed by atoms with van der Waals surface area (Å²) in [7, 11) is 1.54. The van der Waals surface area contributed by atoms with Crippen LogP contribution in [0, 0.1) is 0 Å². The van der Waals surface area contributed by atoms with Gasteiger partial charge in [0.2, 0.25) is 5.75 Å². The van der Waals surface area contributed by atoms with Gasteiger partial charge in [-0.15, -0.1) is 0 Å². The van der Waals surface area contributed by atoms with Gasteiger partial charge in [-0.1, -0.05) is 13.8 Å². The second-order valence-corrected chi connectivity index (χ2v) is 5.45. The van der Waals surface area contributed by atoms with Crippen LogP contribution in [0.25, 0.3) is 0 Å². The van der Waals surface area contributed by atoms with Gasteiger partial charge >= 0.3 is 0 Å². The van der Waals surface area contributed by atoms with Gasteiger partial charge in [0.25, 0.3) is 5.91 Å². The highest BCUT2D eigenvalue weighted by Crippen LogP contribution is 2.40. The lowest BCUT2D eigenvalue weighted by atomic mass is 9.94. The van der Waals surface area contributed by atoms with E-state index in [4.69, 9.17) is 19.9 Å². The van der Waals surface area contributed by atoms with Crippen LogP contribution < -0.4 is 25.3 Å². The molecule has 0 saturated heterocycles. The fourth-order valence-electron chi connectivity index (χ4n) is 2.26. The van der Waals surface area contributed by atoms with Crippen LogP contribution in [0.15, 0.2) is 12.1 Å². The van der Waals surface area contributed by atoms with E-state index in [1.165, 1.54) is 7.11 Å². The third kappa shape index (κ3) is 3.44. The van der Waals surface area contributed by atoms with Crippen molar-refractivity contribution in [3.05, 3.63) is 17.7 Å². The maximum Gasteiger partial charge on any atom is 0.251 e. The Morgan fingerprint density at radius 1 is 1.32 bits per heavy atom. The van der Waals surface area contributed by atoms with E-state index in [2.05, 4.69) is 5.32 Å². The Bertz CT molecular complexity index is 524. The third-order valence-corrected chi connectivity index (χ3v) is 4.10. The topological polar surface area (TPSA) is 82.8 Å². The van der Waals surface area contributed by atoms with E-state index >= 15 is 0 Å². The number of hydrogen-bond donors (Lipinski definition) is 2. The van der Waals surface area contributed by atoms with E-state index < -0.39 is 0 Å². The standard InChI is InChI=1S/C16H24N2O4/c1-4-16(17,5-2)10-18-15(19)11-8-12(20-3)14-13(9-11)21-6-7-22-14/h8-9H,4-7,10,17H2,1-3H3,(H,18,19). The molecule has 1 aliphatic rings. The molecule has 0 bridgehead atoms. The molecule has 0 saturated carbocycles. The van der Waals surface area contributed by atoms with E-state index in [1.807, 2.05) is 13.8 Å². The Labute approximate surface area is 130 Å². The lowest BCUT2D eigenvalue weighted by molar-refractivity contribution is 0.0940. The van der Waals surface area contributed by atoms with Crippen LogP contribution in [-0.2, 0) is 0 Å². The number of nitrogens with two attached hydrogens (primary N) is 1. The Balaban J connectivity index is 2.16. The van der Waals surface area contributed by atoms with Crippen molar-refractivity contribution in [1.82, 2.24) is 5.32 Å². The summed E-state index contributed by atoms with van der Waals surface area (Å²) in [5.74, 6) is 1.36. The quantitative estimate of drug-likeness (QED) is 0.836. The molecule has 0 atom stereocenters. The predicted molar refractivity (Wildman–Crippen MR) is 83.8 cm³/mol. The van der Waals surface area contributed by atoms with Crippen LogP contribution in [0.1, 0.15) is 37.0 Å². The molecule has 3 N–H and O–H groups in total. The average Bonchev–Trinajstić information content (AvgIpc) is 2.58. The highest BCUT2D eigenvalue weighted by molar-refractivity contribution is 5.95. The number of fused-ring (bicyclic) bond motifs is 1. The summed E-state index contributed by atoms with van der Waals surface area (Å²) in [5, 5.41) is 2.88. The maximum absolute atomic E-state index is 12.4. The lowest BCUT2D eigenvalue weighted by Gasteiger charge is -2.27. The van der Waals surface area contributed by atoms with E-state index in [-0.39, 0.29) is 11.4 Å². The number of benzene rings is 1. The summed E-state index contributed by atoms with van der Waals surface area (Å²) in [4.78, 5) is 12.4. The van der Waals surface area contributed by atoms with E-state index in [0.29, 0.717) is 42.6 Å². The van der Waals surface area contributed by atoms with Crippen molar-refractivity contribution in [2.45, 2.75) is 32.2 Å². The lowest BCUT2D eigenvalue weighted by Crippen LogP contribution is -2.49. The third-order valence-electron chi connectivity index (χ3n) is 4.10. The molecule has 6 heteroatoms. The molecule has 0 radical (unpaired) electrons. The minimum Gasteiger partial charge on any atom is -0.493 e. The highest BCUT2D eigenvalue weighted by atomic mass is 16.6. The molecule has 1 aliphatic heterocycles. The molecule has 0 unspecified atom stereocenters. The van der Waals surface area contributed by atoms with Gasteiger partial charge in [-0.05, 0) is 25.0 Å². The number of ether oxygens (including phenoxy) is 3. The number of carbonyl (C=O) groups is 1. The molecule has 1 amide bonds. The van der Waals surface area contributed by atoms with Crippen molar-refractivity contribution < 1.29 is 19.0 Å². The number of amides is 1. The van der Waals surface area contributed by atoms with Gasteiger partial charge in [-0.25, -0.2) is 0 Å². The molecule has 0 aliphatic carbocycles. The summed E-state index contributed by atoms with van der Waals surface area (Å²) in [6.07, 6.45) is 1.60. The summed E-state index contributed by atoms with van der Waals surface area (Å²) in [6, 6.07) is 3.32. The number of nitrogens with one attached hydrogen (secondary N) is 1. The second-order valence-electron chi connectivity index (χ2n) is 5.45. The fraction of sp³-hybridized carbons (Fsp3) is 0.562. The first-order valence-electron chi connectivity index (χ1n) is 7.57. The van der Waals surface area contributed by atoms with E-state index in [0.717, 1.165) is 12.8 Å². The van der Waals surface area contributed by atoms with Crippen molar-refractivity contribution in [2.24, 2.45) is 5.73 Å². The van der Waals surface area contributed by atoms with Crippen LogP contribution in [-0.4, -0.2) is 38.3 Å². The van der Waals surface area contributed by atoms with E-state index in [9.17, 15) is 4.79 Å². The molecule has 122 valence electrons. The summed E-state index contributed by atoms with van der Waals surface area (Å²) in [6.45, 7) is 5.39. The van der Waals surface area contributed by atoms with Crippen molar-refractivity contribution in [3.63, 3.8) is 0 Å². The minimum atomic E-state index is -0.381. The van der Waals surface area contributed by atoms with Gasteiger partial charge in [0.05, 0.1) is 7.11 Å². The SMILES string of the molecule is CCC(N)(CC)CNC(=O)c1cc(OC)c2c(c1)OCCO2. The zero-order valence-electron chi connectivity index (χ0n) is 13.4. The first-order valence-corrected chi connectivity index (χ1v) is 7.57. The molecular weight excluding hydrogens is 284 g/mol. The van der Waals surface area contributed by atoms with Crippen LogP contribution in [0.4, 0.5) is 0 Å². The second kappa shape index (κ2) is 6.87. The minimum absolute atomic E-state index is 0.202. The summed E-state index contributed by atoms with van der Waals surface area (Å²) in [5.41, 5.74) is 6.29. The first kappa shape index (κ1) is 16.4. The Hall–Kier alpha value is -1.95. The maximum atomic E-state index is 12.4. The average molecular weight is 308 g/mol. The van der Waals surface area contributed by atoms with Crippen molar-refractivity contribution >= 4 is 5.91 Å². The first-order chi connectivity index (χ1) is 10.5. The fourth-order valence-corrected chi connectivity index (χ4v) is 2.26. The van der Waals surface area contributed by atoms with Crippen LogP contribution in [0.5, 0.6) is 17.2 Å². The van der Waals surface area contributed by atoms with E-state index in [1.54, 1.807) is 12.1 Å². The van der Waals surface area contributed by atoms with Crippen molar-refractivity contribution in [1.29, 1.82) is 0 Å². The van der Waals surface area contributed by atoms with Crippen LogP contribution in [0.2, 0.25) is 0 Å². The van der Waals surface area contributed by atoms with Gasteiger partial charge < -0.3 is 25.3 Å². The molecule has 0 fully saturated rings. The normalized spacial score (nSPS) is 13.6. The number of hydrogen-bond acceptors (Lipinski definition) is 5. The predicted octanol–water partition coefficient (Wildman–Crippen LogP) is 1.71. The summed E-state index contributed by atoms with van der Waals surface area (Å²) < 4.78 is 16.3. The molecule has 22 heavy (non-hydrogen) atoms. The van der Waals surface area contributed by atoms with Gasteiger partial charge in [-0.2, -0.15) is 0 Å². The largest absolute Gasteiger partial charge is 0.493 e. The van der Waals surface area contributed by atoms with Gasteiger partial charge in [-0.3, -0.25) is 4.79 Å². The Morgan fingerprint density at radius 3 is 2.64 bits per heavy atom. The number of rotatable bonds is 6. The zero-order valence-corrected chi connectivity index (χ0v) is 13.4. The van der Waals surface area contributed by atoms with Gasteiger partial charge in [0.1, 0.15) is 13.2 Å². The number of methoxy groups -OCH3 is 1. The highest BCUT2D eigenvalue weighted by Gasteiger charge is 2.24. The van der Waals surface area contributed by atoms with Crippen LogP contribution >= 0.6 is 0 Å². The number of carbonyl (C=O) groups excluding carboxylic acids is 1. The van der Waals surface area contributed by atoms with Crippen molar-refractivity contribution in [3.8, 4) is 17.2 Å². The molecule has 2 rings (SSSR count). The Morgan fingerprint density at radius 2 is 2.00 bits per heavy atom. The van der Waals surface area contributed by atoms with Gasteiger partial charge in [0, 0.05) is 17.6 Å². The molecule has 6 nitrogen and oxygen atoms in total. The van der Waals surface area contributed by atoms with Crippen molar-refractivity contribution in [2.75, 3.05) is 26.9 Å². The van der Waals surface area contributed by atoms with Gasteiger partial charge in [0.15, 0.2) is 11.5 Å². The molecule has 0 aromatic heterocycles.